The van der Waals surface area contributed by atoms with Crippen LogP contribution in [-0.4, -0.2) is 54.6 Å². The van der Waals surface area contributed by atoms with E-state index in [4.69, 9.17) is 0 Å². The summed E-state index contributed by atoms with van der Waals surface area (Å²) in [6, 6.07) is 16.3. The van der Waals surface area contributed by atoms with E-state index in [-0.39, 0.29) is 17.9 Å². The van der Waals surface area contributed by atoms with E-state index < -0.39 is 0 Å². The predicted molar refractivity (Wildman–Crippen MR) is 98.6 cm³/mol. The number of carbonyl (C=O) groups excluding carboxylic acids is 1. The van der Waals surface area contributed by atoms with E-state index in [1.165, 1.54) is 5.56 Å². The number of benzene rings is 1. The third-order valence-corrected chi connectivity index (χ3v) is 5.28. The zero-order valence-corrected chi connectivity index (χ0v) is 14.3. The molecule has 0 radical (unpaired) electrons. The van der Waals surface area contributed by atoms with Gasteiger partial charge in [0.15, 0.2) is 0 Å². The van der Waals surface area contributed by atoms with E-state index in [0.717, 1.165) is 45.0 Å². The number of rotatable bonds is 3. The molecule has 1 amide bonds. The molecule has 0 unspecified atom stereocenters. The van der Waals surface area contributed by atoms with Crippen LogP contribution in [0.5, 0.6) is 0 Å². The van der Waals surface area contributed by atoms with Crippen molar-refractivity contribution in [1.29, 1.82) is 0 Å². The Kier molecular flexibility index (Phi) is 4.65. The zero-order chi connectivity index (χ0) is 17.1. The average Bonchev–Trinajstić information content (AvgIpc) is 3.19. The van der Waals surface area contributed by atoms with Crippen molar-refractivity contribution in [2.45, 2.75) is 18.4 Å². The lowest BCUT2D eigenvalue weighted by Crippen LogP contribution is -2.54. The van der Waals surface area contributed by atoms with Crippen molar-refractivity contribution >= 4 is 11.7 Å². The molecular weight excluding hydrogens is 312 g/mol. The Morgan fingerprint density at radius 2 is 1.76 bits per heavy atom. The third kappa shape index (κ3) is 3.37. The fourth-order valence-electron chi connectivity index (χ4n) is 3.92. The Balaban J connectivity index is 1.40. The van der Waals surface area contributed by atoms with Crippen LogP contribution in [0.15, 0.2) is 54.7 Å². The summed E-state index contributed by atoms with van der Waals surface area (Å²) in [6.45, 7) is 4.10. The first-order valence-corrected chi connectivity index (χ1v) is 9.06. The molecule has 2 aliphatic heterocycles. The highest BCUT2D eigenvalue weighted by molar-refractivity contribution is 5.83. The smallest absolute Gasteiger partial charge is 0.240 e. The topological polar surface area (TPSA) is 48.5 Å². The fourth-order valence-corrected chi connectivity index (χ4v) is 3.92. The van der Waals surface area contributed by atoms with Gasteiger partial charge in [0.1, 0.15) is 5.82 Å². The third-order valence-electron chi connectivity index (χ3n) is 5.28. The van der Waals surface area contributed by atoms with Crippen LogP contribution in [0.1, 0.15) is 17.9 Å². The molecule has 2 aliphatic rings. The summed E-state index contributed by atoms with van der Waals surface area (Å²) >= 11 is 0. The molecule has 0 spiro atoms. The second-order valence-corrected chi connectivity index (χ2v) is 6.74. The van der Waals surface area contributed by atoms with E-state index in [1.807, 2.05) is 35.4 Å². The summed E-state index contributed by atoms with van der Waals surface area (Å²) in [4.78, 5) is 21.7. The average molecular weight is 336 g/mol. The molecule has 3 heterocycles. The highest BCUT2D eigenvalue weighted by Gasteiger charge is 2.37. The summed E-state index contributed by atoms with van der Waals surface area (Å²) in [5.41, 5.74) is 1.26. The molecule has 0 saturated carbocycles. The summed E-state index contributed by atoms with van der Waals surface area (Å²) in [5, 5.41) is 3.43. The van der Waals surface area contributed by atoms with Crippen LogP contribution in [0.25, 0.3) is 0 Å². The molecule has 130 valence electrons. The van der Waals surface area contributed by atoms with E-state index in [0.29, 0.717) is 0 Å². The van der Waals surface area contributed by atoms with Gasteiger partial charge in [0.25, 0.3) is 0 Å². The molecule has 1 aromatic carbocycles. The van der Waals surface area contributed by atoms with Crippen molar-refractivity contribution in [1.82, 2.24) is 15.2 Å². The lowest BCUT2D eigenvalue weighted by molar-refractivity contribution is -0.133. The summed E-state index contributed by atoms with van der Waals surface area (Å²) in [5.74, 6) is 1.52. The van der Waals surface area contributed by atoms with Crippen LogP contribution in [0.4, 0.5) is 5.82 Å². The van der Waals surface area contributed by atoms with Crippen molar-refractivity contribution in [3.05, 3.63) is 60.3 Å². The van der Waals surface area contributed by atoms with Gasteiger partial charge >= 0.3 is 0 Å². The number of nitrogens with one attached hydrogen (secondary N) is 1. The van der Waals surface area contributed by atoms with Crippen molar-refractivity contribution in [2.24, 2.45) is 0 Å². The zero-order valence-electron chi connectivity index (χ0n) is 14.3. The van der Waals surface area contributed by atoms with Gasteiger partial charge < -0.3 is 15.1 Å². The SMILES string of the molecule is O=C([C@H]1NCC[C@@H]1c1ccccc1)N1CCN(c2ccccn2)CC1. The number of carbonyl (C=O) groups is 1. The van der Waals surface area contributed by atoms with E-state index in [2.05, 4.69) is 39.5 Å². The molecule has 2 atom stereocenters. The van der Waals surface area contributed by atoms with Crippen molar-refractivity contribution < 1.29 is 4.79 Å². The van der Waals surface area contributed by atoms with E-state index in [9.17, 15) is 4.79 Å². The maximum Gasteiger partial charge on any atom is 0.240 e. The maximum atomic E-state index is 13.1. The molecule has 1 N–H and O–H groups in total. The van der Waals surface area contributed by atoms with Crippen LogP contribution in [0, 0.1) is 0 Å². The van der Waals surface area contributed by atoms with Gasteiger partial charge in [0, 0.05) is 38.3 Å². The molecular formula is C20H24N4O. The van der Waals surface area contributed by atoms with Gasteiger partial charge in [-0.3, -0.25) is 4.79 Å². The van der Waals surface area contributed by atoms with E-state index >= 15 is 0 Å². The van der Waals surface area contributed by atoms with Gasteiger partial charge in [-0.05, 0) is 30.7 Å². The minimum atomic E-state index is -0.0937. The molecule has 5 nitrogen and oxygen atoms in total. The molecule has 5 heteroatoms. The van der Waals surface area contributed by atoms with Crippen LogP contribution < -0.4 is 10.2 Å². The van der Waals surface area contributed by atoms with Crippen molar-refractivity contribution in [3.8, 4) is 0 Å². The number of hydrogen-bond acceptors (Lipinski definition) is 4. The number of aromatic nitrogens is 1. The predicted octanol–water partition coefficient (Wildman–Crippen LogP) is 1.88. The Morgan fingerprint density at radius 1 is 1.00 bits per heavy atom. The fraction of sp³-hybridized carbons (Fsp3) is 0.400. The van der Waals surface area contributed by atoms with Crippen LogP contribution in [0.3, 0.4) is 0 Å². The number of nitrogens with zero attached hydrogens (tertiary/aromatic N) is 3. The van der Waals surface area contributed by atoms with Gasteiger partial charge in [-0.15, -0.1) is 0 Å². The molecule has 2 saturated heterocycles. The monoisotopic (exact) mass is 336 g/mol. The Morgan fingerprint density at radius 3 is 2.48 bits per heavy atom. The maximum absolute atomic E-state index is 13.1. The first kappa shape index (κ1) is 16.1. The Labute approximate surface area is 148 Å². The number of hydrogen-bond donors (Lipinski definition) is 1. The second kappa shape index (κ2) is 7.23. The summed E-state index contributed by atoms with van der Waals surface area (Å²) in [6.07, 6.45) is 2.84. The lowest BCUT2D eigenvalue weighted by atomic mass is 9.91. The summed E-state index contributed by atoms with van der Waals surface area (Å²) in [7, 11) is 0. The van der Waals surface area contributed by atoms with Crippen LogP contribution >= 0.6 is 0 Å². The molecule has 4 rings (SSSR count). The molecule has 1 aromatic heterocycles. The summed E-state index contributed by atoms with van der Waals surface area (Å²) < 4.78 is 0. The molecule has 2 fully saturated rings. The van der Waals surface area contributed by atoms with Crippen LogP contribution in [0.2, 0.25) is 0 Å². The van der Waals surface area contributed by atoms with E-state index in [1.54, 1.807) is 0 Å². The largest absolute Gasteiger partial charge is 0.353 e. The van der Waals surface area contributed by atoms with Crippen molar-refractivity contribution in [2.75, 3.05) is 37.6 Å². The molecule has 2 aromatic rings. The van der Waals surface area contributed by atoms with Gasteiger partial charge in [0.05, 0.1) is 6.04 Å². The molecule has 0 bridgehead atoms. The Hall–Kier alpha value is -2.40. The van der Waals surface area contributed by atoms with Gasteiger partial charge in [-0.1, -0.05) is 36.4 Å². The number of piperazine rings is 1. The molecule has 0 aliphatic carbocycles. The van der Waals surface area contributed by atoms with Crippen LogP contribution in [-0.2, 0) is 4.79 Å². The number of amides is 1. The standard InChI is InChI=1S/C20H24N4O/c25-20(19-17(9-11-22-19)16-6-2-1-3-7-16)24-14-12-23(13-15-24)18-8-4-5-10-21-18/h1-8,10,17,19,22H,9,11-15H2/t17-,19+/m1/s1. The van der Waals surface area contributed by atoms with Gasteiger partial charge in [-0.25, -0.2) is 4.98 Å². The highest BCUT2D eigenvalue weighted by atomic mass is 16.2. The van der Waals surface area contributed by atoms with Gasteiger partial charge in [0.2, 0.25) is 5.91 Å². The highest BCUT2D eigenvalue weighted by Crippen LogP contribution is 2.29. The second-order valence-electron chi connectivity index (χ2n) is 6.74. The Bertz CT molecular complexity index is 698. The van der Waals surface area contributed by atoms with Gasteiger partial charge in [-0.2, -0.15) is 0 Å². The van der Waals surface area contributed by atoms with Crippen molar-refractivity contribution in [3.63, 3.8) is 0 Å². The number of anilines is 1. The quantitative estimate of drug-likeness (QED) is 0.930. The first-order chi connectivity index (χ1) is 12.3. The normalized spacial score (nSPS) is 23.7. The first-order valence-electron chi connectivity index (χ1n) is 9.06. The molecule has 25 heavy (non-hydrogen) atoms. The minimum Gasteiger partial charge on any atom is -0.353 e. The minimum absolute atomic E-state index is 0.0937. The lowest BCUT2D eigenvalue weighted by Gasteiger charge is -2.37. The number of pyridine rings is 1.